The molecule has 2 unspecified atom stereocenters. The molecule has 4 nitrogen and oxygen atoms in total. The van der Waals surface area contributed by atoms with Crippen LogP contribution in [-0.4, -0.2) is 25.2 Å². The number of hydrogen-bond acceptors (Lipinski definition) is 4. The van der Waals surface area contributed by atoms with E-state index in [-0.39, 0.29) is 24.3 Å². The van der Waals surface area contributed by atoms with Crippen LogP contribution in [0.4, 0.5) is 0 Å². The van der Waals surface area contributed by atoms with Gasteiger partial charge in [-0.15, -0.1) is 0 Å². The zero-order valence-electron chi connectivity index (χ0n) is 13.7. The normalized spacial score (nSPS) is 18.2. The maximum absolute atomic E-state index is 12.1. The molecule has 21 heavy (non-hydrogen) atoms. The highest BCUT2D eigenvalue weighted by atomic mass is 16.5. The van der Waals surface area contributed by atoms with Gasteiger partial charge >= 0.3 is 11.9 Å². The Morgan fingerprint density at radius 1 is 1.05 bits per heavy atom. The summed E-state index contributed by atoms with van der Waals surface area (Å²) >= 11 is 0. The minimum atomic E-state index is -0.352. The highest BCUT2D eigenvalue weighted by Crippen LogP contribution is 2.37. The first-order chi connectivity index (χ1) is 10.1. The third-order valence-electron chi connectivity index (χ3n) is 4.52. The van der Waals surface area contributed by atoms with Gasteiger partial charge in [-0.2, -0.15) is 0 Å². The van der Waals surface area contributed by atoms with Gasteiger partial charge in [-0.05, 0) is 32.1 Å². The van der Waals surface area contributed by atoms with Crippen molar-refractivity contribution in [2.75, 3.05) is 13.2 Å². The summed E-state index contributed by atoms with van der Waals surface area (Å²) in [6.07, 6.45) is 7.06. The molecule has 2 atom stereocenters. The molecule has 0 aromatic rings. The molecule has 1 aliphatic carbocycles. The van der Waals surface area contributed by atoms with Crippen molar-refractivity contribution in [2.24, 2.45) is 17.8 Å². The quantitative estimate of drug-likeness (QED) is 0.609. The molecular weight excluding hydrogens is 268 g/mol. The van der Waals surface area contributed by atoms with Crippen molar-refractivity contribution in [3.63, 3.8) is 0 Å². The van der Waals surface area contributed by atoms with Crippen molar-refractivity contribution < 1.29 is 19.1 Å². The molecule has 1 fully saturated rings. The molecule has 0 spiro atoms. The van der Waals surface area contributed by atoms with Gasteiger partial charge in [0, 0.05) is 0 Å². The lowest BCUT2D eigenvalue weighted by atomic mass is 9.81. The fraction of sp³-hybridized carbons (Fsp3) is 0.882. The molecule has 0 aliphatic heterocycles. The van der Waals surface area contributed by atoms with Gasteiger partial charge in [0.25, 0.3) is 0 Å². The minimum absolute atomic E-state index is 0.149. The Morgan fingerprint density at radius 2 is 1.67 bits per heavy atom. The van der Waals surface area contributed by atoms with Crippen LogP contribution in [0.2, 0.25) is 0 Å². The molecule has 4 heteroatoms. The van der Waals surface area contributed by atoms with Gasteiger partial charge in [0.1, 0.15) is 0 Å². The number of rotatable bonds is 9. The minimum Gasteiger partial charge on any atom is -0.466 e. The fourth-order valence-corrected chi connectivity index (χ4v) is 3.43. The maximum Gasteiger partial charge on any atom is 0.309 e. The Balaban J connectivity index is 2.64. The zero-order valence-corrected chi connectivity index (χ0v) is 13.7. The average molecular weight is 298 g/mol. The Labute approximate surface area is 128 Å². The van der Waals surface area contributed by atoms with Crippen LogP contribution < -0.4 is 0 Å². The van der Waals surface area contributed by atoms with Crippen LogP contribution >= 0.6 is 0 Å². The molecule has 0 aromatic heterocycles. The number of esters is 2. The molecule has 0 saturated heterocycles. The van der Waals surface area contributed by atoms with Gasteiger partial charge < -0.3 is 9.47 Å². The van der Waals surface area contributed by atoms with Crippen molar-refractivity contribution in [1.82, 2.24) is 0 Å². The first kappa shape index (κ1) is 18.0. The Bertz CT molecular complexity index is 321. The second kappa shape index (κ2) is 9.80. The average Bonchev–Trinajstić information content (AvgIpc) is 2.97. The Morgan fingerprint density at radius 3 is 2.19 bits per heavy atom. The van der Waals surface area contributed by atoms with E-state index in [0.29, 0.717) is 25.0 Å². The van der Waals surface area contributed by atoms with Gasteiger partial charge in [-0.3, -0.25) is 9.59 Å². The van der Waals surface area contributed by atoms with Gasteiger partial charge in [-0.25, -0.2) is 0 Å². The lowest BCUT2D eigenvalue weighted by molar-refractivity contribution is -0.155. The van der Waals surface area contributed by atoms with Crippen LogP contribution in [0, 0.1) is 17.8 Å². The van der Waals surface area contributed by atoms with E-state index in [0.717, 1.165) is 12.8 Å². The molecule has 0 aromatic carbocycles. The summed E-state index contributed by atoms with van der Waals surface area (Å²) in [4.78, 5) is 23.8. The summed E-state index contributed by atoms with van der Waals surface area (Å²) in [5.41, 5.74) is 0. The standard InChI is InChI=1S/C17H30O4/c1-4-13(14-9-7-8-10-14)11-15(17(19)21-6-3)12-16(18)20-5-2/h13-15H,4-12H2,1-3H3. The van der Waals surface area contributed by atoms with E-state index >= 15 is 0 Å². The van der Waals surface area contributed by atoms with Crippen LogP contribution in [0.25, 0.3) is 0 Å². The first-order valence-corrected chi connectivity index (χ1v) is 8.44. The summed E-state index contributed by atoms with van der Waals surface area (Å²) in [6, 6.07) is 0. The number of hydrogen-bond donors (Lipinski definition) is 0. The van der Waals surface area contributed by atoms with Gasteiger partial charge in [0.2, 0.25) is 0 Å². The lowest BCUT2D eigenvalue weighted by Gasteiger charge is -2.25. The molecule has 0 radical (unpaired) electrons. The SMILES string of the molecule is CCOC(=O)CC(CC(CC)C1CCCC1)C(=O)OCC. The van der Waals surface area contributed by atoms with E-state index in [1.54, 1.807) is 13.8 Å². The smallest absolute Gasteiger partial charge is 0.309 e. The number of ether oxygens (including phenoxy) is 2. The summed E-state index contributed by atoms with van der Waals surface area (Å²) in [6.45, 7) is 6.47. The van der Waals surface area contributed by atoms with Gasteiger partial charge in [0.15, 0.2) is 0 Å². The molecule has 1 aliphatic rings. The summed E-state index contributed by atoms with van der Waals surface area (Å²) < 4.78 is 10.1. The second-order valence-electron chi connectivity index (χ2n) is 5.91. The highest BCUT2D eigenvalue weighted by molar-refractivity contribution is 5.79. The molecule has 1 rings (SSSR count). The van der Waals surface area contributed by atoms with E-state index in [9.17, 15) is 9.59 Å². The molecule has 0 amide bonds. The van der Waals surface area contributed by atoms with Crippen LogP contribution in [0.15, 0.2) is 0 Å². The van der Waals surface area contributed by atoms with Crippen molar-refractivity contribution in [2.45, 2.75) is 65.7 Å². The number of carbonyl (C=O) groups excluding carboxylic acids is 2. The third-order valence-corrected chi connectivity index (χ3v) is 4.52. The van der Waals surface area contributed by atoms with Gasteiger partial charge in [-0.1, -0.05) is 39.0 Å². The van der Waals surface area contributed by atoms with Crippen molar-refractivity contribution >= 4 is 11.9 Å². The van der Waals surface area contributed by atoms with Crippen LogP contribution in [0.1, 0.15) is 65.7 Å². The number of carbonyl (C=O) groups is 2. The molecule has 122 valence electrons. The largest absolute Gasteiger partial charge is 0.466 e. The predicted octanol–water partition coefficient (Wildman–Crippen LogP) is 3.73. The topological polar surface area (TPSA) is 52.6 Å². The van der Waals surface area contributed by atoms with Crippen molar-refractivity contribution in [3.8, 4) is 0 Å². The summed E-state index contributed by atoms with van der Waals surface area (Å²) in [7, 11) is 0. The molecule has 1 saturated carbocycles. The molecule has 0 heterocycles. The van der Waals surface area contributed by atoms with Crippen LogP contribution in [0.5, 0.6) is 0 Å². The van der Waals surface area contributed by atoms with E-state index < -0.39 is 0 Å². The lowest BCUT2D eigenvalue weighted by Crippen LogP contribution is -2.26. The van der Waals surface area contributed by atoms with Crippen LogP contribution in [0.3, 0.4) is 0 Å². The molecular formula is C17H30O4. The summed E-state index contributed by atoms with van der Waals surface area (Å²) in [5, 5.41) is 0. The third kappa shape index (κ3) is 6.06. The second-order valence-corrected chi connectivity index (χ2v) is 5.91. The molecule has 0 N–H and O–H groups in total. The summed E-state index contributed by atoms with van der Waals surface area (Å²) in [5.74, 6) is 0.318. The van der Waals surface area contributed by atoms with Crippen molar-refractivity contribution in [1.29, 1.82) is 0 Å². The zero-order chi connectivity index (χ0) is 15.7. The Kier molecular flexibility index (Phi) is 8.40. The van der Waals surface area contributed by atoms with Gasteiger partial charge in [0.05, 0.1) is 25.6 Å². The molecule has 0 bridgehead atoms. The van der Waals surface area contributed by atoms with E-state index in [1.165, 1.54) is 25.7 Å². The van der Waals surface area contributed by atoms with Crippen molar-refractivity contribution in [3.05, 3.63) is 0 Å². The maximum atomic E-state index is 12.1. The predicted molar refractivity (Wildman–Crippen MR) is 81.7 cm³/mol. The highest BCUT2D eigenvalue weighted by Gasteiger charge is 2.31. The Hall–Kier alpha value is -1.06. The van der Waals surface area contributed by atoms with Crippen LogP contribution in [-0.2, 0) is 19.1 Å². The van der Waals surface area contributed by atoms with E-state index in [1.807, 2.05) is 0 Å². The first-order valence-electron chi connectivity index (χ1n) is 8.44. The fourth-order valence-electron chi connectivity index (χ4n) is 3.43. The van der Waals surface area contributed by atoms with E-state index in [2.05, 4.69) is 6.92 Å². The van der Waals surface area contributed by atoms with E-state index in [4.69, 9.17) is 9.47 Å². The monoisotopic (exact) mass is 298 g/mol.